The quantitative estimate of drug-likeness (QED) is 0.904. The minimum absolute atomic E-state index is 0.255. The van der Waals surface area contributed by atoms with Gasteiger partial charge in [0.2, 0.25) is 0 Å². The molecule has 120 valence electrons. The van der Waals surface area contributed by atoms with Crippen molar-refractivity contribution in [2.75, 3.05) is 6.54 Å². The third kappa shape index (κ3) is 3.34. The van der Waals surface area contributed by atoms with Crippen molar-refractivity contribution in [2.24, 2.45) is 0 Å². The van der Waals surface area contributed by atoms with Gasteiger partial charge in [-0.1, -0.05) is 35.3 Å². The fraction of sp³-hybridized carbons (Fsp3) is 0.294. The Kier molecular flexibility index (Phi) is 4.85. The molecule has 23 heavy (non-hydrogen) atoms. The minimum Gasteiger partial charge on any atom is -0.480 e. The van der Waals surface area contributed by atoms with Gasteiger partial charge in [-0.3, -0.25) is 14.7 Å². The van der Waals surface area contributed by atoms with Gasteiger partial charge in [0, 0.05) is 12.7 Å². The predicted octanol–water partition coefficient (Wildman–Crippen LogP) is 4.03. The second-order valence-electron chi connectivity index (χ2n) is 5.56. The van der Waals surface area contributed by atoms with E-state index in [1.165, 1.54) is 0 Å². The molecule has 2 atom stereocenters. The zero-order chi connectivity index (χ0) is 16.4. The molecule has 0 bridgehead atoms. The van der Waals surface area contributed by atoms with Crippen molar-refractivity contribution in [1.82, 2.24) is 9.88 Å². The summed E-state index contributed by atoms with van der Waals surface area (Å²) >= 11 is 12.2. The highest BCUT2D eigenvalue weighted by molar-refractivity contribution is 6.42. The Morgan fingerprint density at radius 2 is 2.09 bits per heavy atom. The third-order valence-electron chi connectivity index (χ3n) is 4.14. The van der Waals surface area contributed by atoms with Gasteiger partial charge in [-0.25, -0.2) is 0 Å². The van der Waals surface area contributed by atoms with E-state index in [0.717, 1.165) is 17.7 Å². The summed E-state index contributed by atoms with van der Waals surface area (Å²) in [5.74, 6) is -0.802. The van der Waals surface area contributed by atoms with E-state index in [2.05, 4.69) is 4.98 Å². The standard InChI is InChI=1S/C17H16Cl2N2O2/c18-12-7-6-11(10-13(12)19)16(14-4-1-2-8-20-14)21-9-3-5-15(21)17(22)23/h1-2,4,6-8,10,15-16H,3,5,9H2,(H,22,23). The van der Waals surface area contributed by atoms with E-state index >= 15 is 0 Å². The fourth-order valence-corrected chi connectivity index (χ4v) is 3.42. The van der Waals surface area contributed by atoms with Gasteiger partial charge in [0.1, 0.15) is 6.04 Å². The molecule has 1 N–H and O–H groups in total. The van der Waals surface area contributed by atoms with Gasteiger partial charge in [-0.05, 0) is 42.7 Å². The first-order chi connectivity index (χ1) is 11.1. The van der Waals surface area contributed by atoms with Crippen molar-refractivity contribution >= 4 is 29.2 Å². The van der Waals surface area contributed by atoms with Crippen LogP contribution in [0.25, 0.3) is 0 Å². The first-order valence-electron chi connectivity index (χ1n) is 7.42. The van der Waals surface area contributed by atoms with E-state index in [4.69, 9.17) is 23.2 Å². The van der Waals surface area contributed by atoms with E-state index in [1.54, 1.807) is 18.3 Å². The van der Waals surface area contributed by atoms with Crippen LogP contribution in [0.4, 0.5) is 0 Å². The maximum Gasteiger partial charge on any atom is 0.320 e. The molecule has 2 unspecified atom stereocenters. The Hall–Kier alpha value is -1.62. The summed E-state index contributed by atoms with van der Waals surface area (Å²) in [7, 11) is 0. The molecule has 1 saturated heterocycles. The fourth-order valence-electron chi connectivity index (χ4n) is 3.12. The van der Waals surface area contributed by atoms with Crippen molar-refractivity contribution in [2.45, 2.75) is 24.9 Å². The zero-order valence-corrected chi connectivity index (χ0v) is 13.8. The lowest BCUT2D eigenvalue weighted by Gasteiger charge is -2.31. The second kappa shape index (κ2) is 6.87. The Balaban J connectivity index is 2.07. The lowest BCUT2D eigenvalue weighted by Crippen LogP contribution is -2.39. The van der Waals surface area contributed by atoms with Gasteiger partial charge in [0.15, 0.2) is 0 Å². The van der Waals surface area contributed by atoms with Gasteiger partial charge in [0.25, 0.3) is 0 Å². The SMILES string of the molecule is O=C(O)C1CCCN1C(c1ccc(Cl)c(Cl)c1)c1ccccn1. The molecular weight excluding hydrogens is 335 g/mol. The maximum atomic E-state index is 11.6. The van der Waals surface area contributed by atoms with Crippen LogP contribution in [0.3, 0.4) is 0 Å². The highest BCUT2D eigenvalue weighted by atomic mass is 35.5. The van der Waals surface area contributed by atoms with Crippen molar-refractivity contribution < 1.29 is 9.90 Å². The highest BCUT2D eigenvalue weighted by Crippen LogP contribution is 2.36. The first-order valence-corrected chi connectivity index (χ1v) is 8.18. The van der Waals surface area contributed by atoms with Crippen molar-refractivity contribution in [3.63, 3.8) is 0 Å². The lowest BCUT2D eigenvalue weighted by atomic mass is 10.00. The van der Waals surface area contributed by atoms with Crippen LogP contribution >= 0.6 is 23.2 Å². The first kappa shape index (κ1) is 16.2. The Morgan fingerprint density at radius 3 is 2.74 bits per heavy atom. The highest BCUT2D eigenvalue weighted by Gasteiger charge is 2.37. The molecule has 1 aliphatic heterocycles. The average molecular weight is 351 g/mol. The number of carboxylic acid groups (broad SMARTS) is 1. The number of carboxylic acids is 1. The number of rotatable bonds is 4. The van der Waals surface area contributed by atoms with Crippen LogP contribution in [-0.2, 0) is 4.79 Å². The molecule has 1 aliphatic rings. The molecule has 2 heterocycles. The van der Waals surface area contributed by atoms with Gasteiger partial charge in [-0.15, -0.1) is 0 Å². The van der Waals surface area contributed by atoms with Crippen LogP contribution in [-0.4, -0.2) is 33.5 Å². The number of aromatic nitrogens is 1. The van der Waals surface area contributed by atoms with Crippen LogP contribution < -0.4 is 0 Å². The van der Waals surface area contributed by atoms with E-state index in [0.29, 0.717) is 23.0 Å². The Morgan fingerprint density at radius 1 is 1.26 bits per heavy atom. The molecule has 0 amide bonds. The Bertz CT molecular complexity index is 709. The molecular formula is C17H16Cl2N2O2. The summed E-state index contributed by atoms with van der Waals surface area (Å²) in [6.07, 6.45) is 3.20. The minimum atomic E-state index is -0.802. The second-order valence-corrected chi connectivity index (χ2v) is 6.38. The largest absolute Gasteiger partial charge is 0.480 e. The van der Waals surface area contributed by atoms with Crippen LogP contribution in [0.15, 0.2) is 42.6 Å². The van der Waals surface area contributed by atoms with E-state index in [1.807, 2.05) is 29.2 Å². The molecule has 2 aromatic rings. The maximum absolute atomic E-state index is 11.6. The number of hydrogen-bond acceptors (Lipinski definition) is 3. The zero-order valence-electron chi connectivity index (χ0n) is 12.3. The summed E-state index contributed by atoms with van der Waals surface area (Å²) in [6, 6.07) is 10.3. The molecule has 4 nitrogen and oxygen atoms in total. The normalized spacial score (nSPS) is 19.7. The average Bonchev–Trinajstić information content (AvgIpc) is 3.02. The number of carbonyl (C=O) groups is 1. The molecule has 0 saturated carbocycles. The van der Waals surface area contributed by atoms with E-state index in [-0.39, 0.29) is 6.04 Å². The van der Waals surface area contributed by atoms with Crippen molar-refractivity contribution in [3.8, 4) is 0 Å². The lowest BCUT2D eigenvalue weighted by molar-refractivity contribution is -0.142. The molecule has 6 heteroatoms. The molecule has 1 fully saturated rings. The summed E-state index contributed by atoms with van der Waals surface area (Å²) in [6.45, 7) is 0.707. The van der Waals surface area contributed by atoms with Gasteiger partial charge in [-0.2, -0.15) is 0 Å². The van der Waals surface area contributed by atoms with Gasteiger partial charge >= 0.3 is 5.97 Å². The van der Waals surface area contributed by atoms with Crippen LogP contribution in [0.2, 0.25) is 10.0 Å². The number of likely N-dealkylation sites (tertiary alicyclic amines) is 1. The number of pyridine rings is 1. The predicted molar refractivity (Wildman–Crippen MR) is 89.9 cm³/mol. The monoisotopic (exact) mass is 350 g/mol. The molecule has 0 aliphatic carbocycles. The van der Waals surface area contributed by atoms with Crippen molar-refractivity contribution in [1.29, 1.82) is 0 Å². The molecule has 1 aromatic heterocycles. The number of halogens is 2. The van der Waals surface area contributed by atoms with Crippen LogP contribution in [0.5, 0.6) is 0 Å². The topological polar surface area (TPSA) is 53.4 Å². The van der Waals surface area contributed by atoms with Crippen molar-refractivity contribution in [3.05, 3.63) is 63.9 Å². The van der Waals surface area contributed by atoms with E-state index < -0.39 is 12.0 Å². The number of benzene rings is 1. The van der Waals surface area contributed by atoms with Crippen LogP contribution in [0, 0.1) is 0 Å². The van der Waals surface area contributed by atoms with Gasteiger partial charge < -0.3 is 5.11 Å². The molecule has 1 aromatic carbocycles. The van der Waals surface area contributed by atoms with Crippen LogP contribution in [0.1, 0.15) is 30.1 Å². The third-order valence-corrected chi connectivity index (χ3v) is 4.88. The summed E-state index contributed by atoms with van der Waals surface area (Å²) < 4.78 is 0. The smallest absolute Gasteiger partial charge is 0.320 e. The Labute approximate surface area is 144 Å². The molecule has 0 spiro atoms. The summed E-state index contributed by atoms with van der Waals surface area (Å²) in [5, 5.41) is 10.4. The van der Waals surface area contributed by atoms with Gasteiger partial charge in [0.05, 0.1) is 21.8 Å². The molecule has 0 radical (unpaired) electrons. The number of hydrogen-bond donors (Lipinski definition) is 1. The summed E-state index contributed by atoms with van der Waals surface area (Å²) in [4.78, 5) is 18.0. The number of aliphatic carboxylic acids is 1. The molecule has 3 rings (SSSR count). The summed E-state index contributed by atoms with van der Waals surface area (Å²) in [5.41, 5.74) is 1.70. The number of nitrogens with zero attached hydrogens (tertiary/aromatic N) is 2. The van der Waals surface area contributed by atoms with E-state index in [9.17, 15) is 9.90 Å².